The van der Waals surface area contributed by atoms with Crippen LogP contribution in [-0.4, -0.2) is 25.0 Å². The van der Waals surface area contributed by atoms with E-state index in [0.717, 1.165) is 17.2 Å². The first-order valence-corrected chi connectivity index (χ1v) is 12.3. The second-order valence-corrected chi connectivity index (χ2v) is 11.2. The van der Waals surface area contributed by atoms with Gasteiger partial charge in [-0.25, -0.2) is 21.6 Å². The molecular formula is C24H26F3N3O3S. The van der Waals surface area contributed by atoms with Crippen LogP contribution in [0.1, 0.15) is 56.2 Å². The van der Waals surface area contributed by atoms with Crippen molar-refractivity contribution in [1.82, 2.24) is 10.1 Å². The molecule has 2 heterocycles. The monoisotopic (exact) mass is 493 g/mol. The fraction of sp³-hybridized carbons (Fsp3) is 0.375. The van der Waals surface area contributed by atoms with E-state index in [1.807, 2.05) is 25.7 Å². The highest BCUT2D eigenvalue weighted by Gasteiger charge is 2.27. The lowest BCUT2D eigenvalue weighted by Crippen LogP contribution is -2.33. The maximum absolute atomic E-state index is 14.3. The third-order valence-electron chi connectivity index (χ3n) is 6.04. The molecule has 34 heavy (non-hydrogen) atoms. The smallest absolute Gasteiger partial charge is 0.263 e. The zero-order valence-electron chi connectivity index (χ0n) is 19.3. The van der Waals surface area contributed by atoms with Crippen molar-refractivity contribution in [2.45, 2.75) is 57.0 Å². The first kappa shape index (κ1) is 24.3. The summed E-state index contributed by atoms with van der Waals surface area (Å²) >= 11 is 0. The minimum Gasteiger partial charge on any atom is -0.359 e. The quantitative estimate of drug-likeness (QED) is 0.488. The van der Waals surface area contributed by atoms with Gasteiger partial charge in [-0.05, 0) is 42.7 Å². The van der Waals surface area contributed by atoms with Crippen molar-refractivity contribution in [3.63, 3.8) is 0 Å². The Kier molecular flexibility index (Phi) is 6.24. The summed E-state index contributed by atoms with van der Waals surface area (Å²) in [5, 5.41) is 3.80. The van der Waals surface area contributed by atoms with Crippen LogP contribution >= 0.6 is 0 Å². The molecule has 0 radical (unpaired) electrons. The molecule has 0 unspecified atom stereocenters. The lowest BCUT2D eigenvalue weighted by Gasteiger charge is -2.34. The van der Waals surface area contributed by atoms with Gasteiger partial charge in [-0.3, -0.25) is 9.62 Å². The largest absolute Gasteiger partial charge is 0.359 e. The second-order valence-electron chi connectivity index (χ2n) is 9.55. The molecule has 10 heteroatoms. The summed E-state index contributed by atoms with van der Waals surface area (Å²) in [6.45, 7) is 8.27. The van der Waals surface area contributed by atoms with Crippen LogP contribution in [0.3, 0.4) is 0 Å². The molecule has 3 aromatic rings. The number of nitrogens with zero attached hydrogens (tertiary/aromatic N) is 2. The van der Waals surface area contributed by atoms with Crippen molar-refractivity contribution in [1.29, 1.82) is 0 Å². The van der Waals surface area contributed by atoms with Gasteiger partial charge in [0.15, 0.2) is 17.5 Å². The molecule has 1 atom stereocenters. The van der Waals surface area contributed by atoms with E-state index in [2.05, 4.69) is 9.88 Å². The van der Waals surface area contributed by atoms with Crippen molar-refractivity contribution < 1.29 is 26.1 Å². The lowest BCUT2D eigenvalue weighted by atomic mass is 9.93. The highest BCUT2D eigenvalue weighted by molar-refractivity contribution is 7.92. The van der Waals surface area contributed by atoms with Crippen molar-refractivity contribution in [2.75, 3.05) is 11.3 Å². The summed E-state index contributed by atoms with van der Waals surface area (Å²) in [4.78, 5) is 1.90. The summed E-state index contributed by atoms with van der Waals surface area (Å²) < 4.78 is 75.3. The zero-order chi connectivity index (χ0) is 24.8. The minimum atomic E-state index is -3.94. The fourth-order valence-electron chi connectivity index (χ4n) is 4.00. The van der Waals surface area contributed by atoms with Gasteiger partial charge in [0.25, 0.3) is 10.0 Å². The molecule has 0 amide bonds. The van der Waals surface area contributed by atoms with Crippen LogP contribution in [0.15, 0.2) is 45.8 Å². The number of nitrogens with one attached hydrogen (secondary N) is 1. The summed E-state index contributed by atoms with van der Waals surface area (Å²) in [6, 6.07) is 7.27. The Morgan fingerprint density at radius 1 is 1.09 bits per heavy atom. The minimum absolute atomic E-state index is 0.0454. The molecule has 0 saturated carbocycles. The van der Waals surface area contributed by atoms with Crippen LogP contribution in [-0.2, 0) is 28.4 Å². The van der Waals surface area contributed by atoms with Gasteiger partial charge in [0, 0.05) is 42.2 Å². The second kappa shape index (κ2) is 8.74. The van der Waals surface area contributed by atoms with Gasteiger partial charge in [-0.2, -0.15) is 0 Å². The van der Waals surface area contributed by atoms with Crippen molar-refractivity contribution in [2.24, 2.45) is 0 Å². The number of benzene rings is 2. The topological polar surface area (TPSA) is 75.4 Å². The molecule has 0 bridgehead atoms. The SMILES string of the molecule is C[C@H](c1cc(F)cc(F)c1F)N1CCc2ccc(S(=O)(=O)Nc3cc(C(C)(C)C)on3)cc2C1. The molecule has 0 spiro atoms. The van der Waals surface area contributed by atoms with E-state index in [9.17, 15) is 21.6 Å². The van der Waals surface area contributed by atoms with Gasteiger partial charge >= 0.3 is 0 Å². The molecule has 4 rings (SSSR count). The number of anilines is 1. The summed E-state index contributed by atoms with van der Waals surface area (Å²) in [5.41, 5.74) is 1.30. The molecule has 0 aliphatic carbocycles. The maximum Gasteiger partial charge on any atom is 0.263 e. The van der Waals surface area contributed by atoms with Gasteiger partial charge in [0.1, 0.15) is 11.6 Å². The van der Waals surface area contributed by atoms with E-state index in [1.54, 1.807) is 25.1 Å². The number of hydrogen-bond acceptors (Lipinski definition) is 5. The van der Waals surface area contributed by atoms with Crippen molar-refractivity contribution >= 4 is 15.8 Å². The number of halogens is 3. The van der Waals surface area contributed by atoms with E-state index in [1.165, 1.54) is 6.07 Å². The summed E-state index contributed by atoms with van der Waals surface area (Å²) in [7, 11) is -3.94. The maximum atomic E-state index is 14.3. The molecule has 1 aliphatic heterocycles. The first-order chi connectivity index (χ1) is 15.8. The van der Waals surface area contributed by atoms with Crippen LogP contribution < -0.4 is 4.72 Å². The normalized spacial score (nSPS) is 15.7. The average molecular weight is 494 g/mol. The van der Waals surface area contributed by atoms with E-state index in [0.29, 0.717) is 31.3 Å². The zero-order valence-corrected chi connectivity index (χ0v) is 20.1. The predicted octanol–water partition coefficient (Wildman–Crippen LogP) is 5.31. The number of hydrogen-bond donors (Lipinski definition) is 1. The van der Waals surface area contributed by atoms with Crippen LogP contribution in [0.2, 0.25) is 0 Å². The third kappa shape index (κ3) is 4.83. The van der Waals surface area contributed by atoms with Crippen LogP contribution in [0.4, 0.5) is 19.0 Å². The third-order valence-corrected chi connectivity index (χ3v) is 7.39. The molecule has 2 aromatic carbocycles. The predicted molar refractivity (Wildman–Crippen MR) is 121 cm³/mol. The standard InChI is InChI=1S/C24H26F3N3O3S/c1-14(19-10-17(25)11-20(26)23(19)27)30-8-7-15-5-6-18(9-16(15)13-30)34(31,32)29-22-12-21(33-28-22)24(2,3)4/h5-6,9-12,14H,7-8,13H2,1-4H3,(H,28,29)/t14-/m1/s1. The Balaban J connectivity index is 1.57. The molecule has 1 N–H and O–H groups in total. The molecule has 0 fully saturated rings. The number of fused-ring (bicyclic) bond motifs is 1. The summed E-state index contributed by atoms with van der Waals surface area (Å²) in [5.74, 6) is -2.54. The van der Waals surface area contributed by atoms with E-state index in [4.69, 9.17) is 4.52 Å². The Bertz CT molecular complexity index is 1330. The fourth-order valence-corrected chi connectivity index (χ4v) is 5.04. The number of aromatic nitrogens is 1. The Morgan fingerprint density at radius 2 is 1.82 bits per heavy atom. The van der Waals surface area contributed by atoms with Gasteiger partial charge in [0.2, 0.25) is 0 Å². The highest BCUT2D eigenvalue weighted by atomic mass is 32.2. The first-order valence-electron chi connectivity index (χ1n) is 10.9. The molecule has 1 aromatic heterocycles. The van der Waals surface area contributed by atoms with Crippen molar-refractivity contribution in [3.8, 4) is 0 Å². The van der Waals surface area contributed by atoms with Gasteiger partial charge in [0.05, 0.1) is 4.90 Å². The van der Waals surface area contributed by atoms with Crippen molar-refractivity contribution in [3.05, 3.63) is 76.3 Å². The van der Waals surface area contributed by atoms with Gasteiger partial charge in [-0.1, -0.05) is 32.0 Å². The Labute approximate surface area is 196 Å². The molecule has 6 nitrogen and oxygen atoms in total. The van der Waals surface area contributed by atoms with Crippen LogP contribution in [0.25, 0.3) is 0 Å². The molecule has 0 saturated heterocycles. The van der Waals surface area contributed by atoms with E-state index in [-0.39, 0.29) is 21.7 Å². The average Bonchev–Trinajstić information content (AvgIpc) is 3.23. The lowest BCUT2D eigenvalue weighted by molar-refractivity contribution is 0.187. The number of sulfonamides is 1. The van der Waals surface area contributed by atoms with Gasteiger partial charge < -0.3 is 4.52 Å². The van der Waals surface area contributed by atoms with Crippen LogP contribution in [0.5, 0.6) is 0 Å². The van der Waals surface area contributed by atoms with Gasteiger partial charge in [-0.15, -0.1) is 0 Å². The molecular weight excluding hydrogens is 467 g/mol. The number of rotatable bonds is 5. The molecule has 182 valence electrons. The highest BCUT2D eigenvalue weighted by Crippen LogP contribution is 2.32. The summed E-state index contributed by atoms with van der Waals surface area (Å²) in [6.07, 6.45) is 0.588. The van der Waals surface area contributed by atoms with E-state index >= 15 is 0 Å². The van der Waals surface area contributed by atoms with Crippen LogP contribution in [0, 0.1) is 17.5 Å². The molecule has 1 aliphatic rings. The van der Waals surface area contributed by atoms with E-state index < -0.39 is 33.5 Å². The Morgan fingerprint density at radius 3 is 2.50 bits per heavy atom. The Hall–Kier alpha value is -2.85.